The van der Waals surface area contributed by atoms with E-state index in [1.54, 1.807) is 12.1 Å². The second kappa shape index (κ2) is 9.67. The minimum absolute atomic E-state index is 0. The second-order valence-corrected chi connectivity index (χ2v) is 4.56. The number of rotatable bonds is 3. The Morgan fingerprint density at radius 3 is 2.30 bits per heavy atom. The largest absolute Gasteiger partial charge is 2.00 e. The second-order valence-electron chi connectivity index (χ2n) is 4.37. The maximum atomic E-state index is 11.2. The van der Waals surface area contributed by atoms with Crippen LogP contribution in [0.4, 0.5) is 5.69 Å². The molecule has 0 aliphatic heterocycles. The third kappa shape index (κ3) is 5.44. The van der Waals surface area contributed by atoms with Crippen LogP contribution in [-0.2, 0) is 17.1 Å². The van der Waals surface area contributed by atoms with E-state index in [1.165, 1.54) is 6.07 Å². The van der Waals surface area contributed by atoms with Crippen molar-refractivity contribution >= 4 is 29.0 Å². The van der Waals surface area contributed by atoms with Crippen LogP contribution in [0, 0.1) is 0 Å². The van der Waals surface area contributed by atoms with Crippen LogP contribution in [0.5, 0.6) is 0 Å². The van der Waals surface area contributed by atoms with Gasteiger partial charge in [0.05, 0.1) is 10.8 Å². The van der Waals surface area contributed by atoms with Gasteiger partial charge in [-0.05, 0) is 12.2 Å². The summed E-state index contributed by atoms with van der Waals surface area (Å²) in [4.78, 5) is 15.0. The van der Waals surface area contributed by atoms with E-state index >= 15 is 0 Å². The molecule has 0 aliphatic rings. The van der Waals surface area contributed by atoms with E-state index in [9.17, 15) is 4.79 Å². The Labute approximate surface area is 150 Å². The van der Waals surface area contributed by atoms with Crippen LogP contribution in [0.15, 0.2) is 77.8 Å². The standard InChI is InChI=1S/C13H8NO2S.C5H5.Fe/c15-13(16)12-7-10(14-8-17)5-6-11(12)9-3-1-2-4-9;1-2-4-5-3-1;/h1-7H,(H,15,16);1-5H;/q2*-1;+2. The summed E-state index contributed by atoms with van der Waals surface area (Å²) in [5.74, 6) is -0.984. The van der Waals surface area contributed by atoms with E-state index in [0.29, 0.717) is 11.3 Å². The molecule has 1 N–H and O–H groups in total. The fourth-order valence-electron chi connectivity index (χ4n) is 1.96. The molecule has 0 saturated heterocycles. The molecule has 3 aromatic carbocycles. The molecule has 3 nitrogen and oxygen atoms in total. The molecule has 0 fully saturated rings. The van der Waals surface area contributed by atoms with Crippen molar-refractivity contribution in [3.05, 3.63) is 78.4 Å². The number of nitrogens with zero attached hydrogens (tertiary/aromatic N) is 1. The fraction of sp³-hybridized carbons (Fsp3) is 0. The van der Waals surface area contributed by atoms with Gasteiger partial charge in [0.2, 0.25) is 0 Å². The molecular formula is C18H13FeNO2S. The molecular weight excluding hydrogens is 350 g/mol. The molecule has 5 heteroatoms. The third-order valence-corrected chi connectivity index (χ3v) is 3.03. The van der Waals surface area contributed by atoms with Gasteiger partial charge in [0, 0.05) is 5.56 Å². The maximum absolute atomic E-state index is 11.2. The van der Waals surface area contributed by atoms with Crippen LogP contribution in [0.3, 0.4) is 0 Å². The first-order valence-corrected chi connectivity index (χ1v) is 6.97. The molecule has 23 heavy (non-hydrogen) atoms. The topological polar surface area (TPSA) is 49.7 Å². The number of hydrogen-bond donors (Lipinski definition) is 1. The summed E-state index contributed by atoms with van der Waals surface area (Å²) >= 11 is 4.49. The van der Waals surface area contributed by atoms with Gasteiger partial charge in [-0.25, -0.2) is 12.1 Å². The molecule has 3 rings (SSSR count). The predicted molar refractivity (Wildman–Crippen MR) is 91.2 cm³/mol. The Hall–Kier alpha value is -2.29. The summed E-state index contributed by atoms with van der Waals surface area (Å²) < 4.78 is 0. The zero-order chi connectivity index (χ0) is 15.8. The minimum Gasteiger partial charge on any atom is -0.483 e. The van der Waals surface area contributed by atoms with E-state index < -0.39 is 5.97 Å². The Morgan fingerprint density at radius 2 is 1.83 bits per heavy atom. The minimum atomic E-state index is -0.984. The average Bonchev–Trinajstić information content (AvgIpc) is 3.23. The monoisotopic (exact) mass is 363 g/mol. The Balaban J connectivity index is 0.000000377. The van der Waals surface area contributed by atoms with Crippen LogP contribution in [0.1, 0.15) is 10.4 Å². The van der Waals surface area contributed by atoms with Crippen LogP contribution in [0.25, 0.3) is 11.1 Å². The fourth-order valence-corrected chi connectivity index (χ4v) is 2.06. The number of hydrogen-bond acceptors (Lipinski definition) is 3. The molecule has 0 aliphatic carbocycles. The van der Waals surface area contributed by atoms with E-state index in [1.807, 2.05) is 54.6 Å². The number of aromatic carboxylic acids is 1. The van der Waals surface area contributed by atoms with Crippen LogP contribution < -0.4 is 0 Å². The van der Waals surface area contributed by atoms with E-state index in [2.05, 4.69) is 22.4 Å². The first-order chi connectivity index (χ1) is 10.7. The van der Waals surface area contributed by atoms with Crippen molar-refractivity contribution in [1.82, 2.24) is 0 Å². The van der Waals surface area contributed by atoms with Crippen LogP contribution >= 0.6 is 12.2 Å². The van der Waals surface area contributed by atoms with Gasteiger partial charge in [-0.2, -0.15) is 35.3 Å². The predicted octanol–water partition coefficient (Wildman–Crippen LogP) is 4.91. The molecule has 0 radical (unpaired) electrons. The van der Waals surface area contributed by atoms with Crippen molar-refractivity contribution in [2.75, 3.05) is 0 Å². The Morgan fingerprint density at radius 1 is 1.17 bits per heavy atom. The number of carbonyl (C=O) groups is 1. The smallest absolute Gasteiger partial charge is 0.483 e. The van der Waals surface area contributed by atoms with Crippen LogP contribution in [0.2, 0.25) is 0 Å². The van der Waals surface area contributed by atoms with Crippen molar-refractivity contribution in [3.63, 3.8) is 0 Å². The van der Waals surface area contributed by atoms with Crippen molar-refractivity contribution in [2.45, 2.75) is 0 Å². The number of benzene rings is 1. The summed E-state index contributed by atoms with van der Waals surface area (Å²) in [6, 6.07) is 22.4. The molecule has 116 valence electrons. The Bertz CT molecular complexity index is 756. The molecule has 0 saturated carbocycles. The van der Waals surface area contributed by atoms with Crippen LogP contribution in [-0.4, -0.2) is 16.2 Å². The van der Waals surface area contributed by atoms with Gasteiger partial charge in [-0.3, -0.25) is 4.79 Å². The number of isothiocyanates is 1. The first kappa shape index (κ1) is 18.8. The SMILES string of the molecule is O=C(O)c1cc(N=C=S)ccc1-[c-]1cccc1.[Fe+2].c1cc[cH-]c1. The van der Waals surface area contributed by atoms with Crippen molar-refractivity contribution in [3.8, 4) is 11.1 Å². The van der Waals surface area contributed by atoms with E-state index in [0.717, 1.165) is 5.56 Å². The third-order valence-electron chi connectivity index (χ3n) is 2.94. The molecule has 0 atom stereocenters. The van der Waals surface area contributed by atoms with Crippen molar-refractivity contribution < 1.29 is 27.0 Å². The van der Waals surface area contributed by atoms with Gasteiger partial charge in [-0.15, -0.1) is 23.8 Å². The number of carboxylic acid groups (broad SMARTS) is 1. The molecule has 0 spiro atoms. The van der Waals surface area contributed by atoms with Gasteiger partial charge < -0.3 is 5.11 Å². The van der Waals surface area contributed by atoms with Gasteiger partial charge in [-0.1, -0.05) is 17.7 Å². The normalized spacial score (nSPS) is 8.87. The zero-order valence-electron chi connectivity index (χ0n) is 12.0. The maximum Gasteiger partial charge on any atom is 2.00 e. The number of aliphatic imine (C=N–C) groups is 1. The van der Waals surface area contributed by atoms with Gasteiger partial charge in [0.1, 0.15) is 0 Å². The molecule has 0 aromatic heterocycles. The first-order valence-electron chi connectivity index (χ1n) is 6.56. The molecule has 3 aromatic rings. The molecule has 0 amide bonds. The van der Waals surface area contributed by atoms with Crippen molar-refractivity contribution in [1.29, 1.82) is 0 Å². The van der Waals surface area contributed by atoms with E-state index in [4.69, 9.17) is 5.11 Å². The summed E-state index contributed by atoms with van der Waals surface area (Å²) in [5.41, 5.74) is 2.25. The number of thiocarbonyl (C=S) groups is 1. The molecule has 0 heterocycles. The van der Waals surface area contributed by atoms with Gasteiger partial charge >= 0.3 is 23.0 Å². The van der Waals surface area contributed by atoms with Gasteiger partial charge in [0.25, 0.3) is 0 Å². The van der Waals surface area contributed by atoms with Crippen molar-refractivity contribution in [2.24, 2.45) is 4.99 Å². The molecule has 0 bridgehead atoms. The summed E-state index contributed by atoms with van der Waals surface area (Å²) in [6.07, 6.45) is 0. The summed E-state index contributed by atoms with van der Waals surface area (Å²) in [5, 5.41) is 11.4. The quantitative estimate of drug-likeness (QED) is 0.311. The molecule has 0 unspecified atom stereocenters. The zero-order valence-corrected chi connectivity index (χ0v) is 13.9. The van der Waals surface area contributed by atoms with Gasteiger partial charge in [0.15, 0.2) is 0 Å². The average molecular weight is 363 g/mol. The summed E-state index contributed by atoms with van der Waals surface area (Å²) in [7, 11) is 0. The Kier molecular flexibility index (Phi) is 7.89. The summed E-state index contributed by atoms with van der Waals surface area (Å²) in [6.45, 7) is 0. The van der Waals surface area contributed by atoms with E-state index in [-0.39, 0.29) is 22.6 Å². The number of carboxylic acids is 1.